The molecule has 0 atom stereocenters. The lowest BCUT2D eigenvalue weighted by Crippen LogP contribution is -2.23. The van der Waals surface area contributed by atoms with Gasteiger partial charge >= 0.3 is 5.97 Å². The molecule has 0 aliphatic rings. The second kappa shape index (κ2) is 5.95. The van der Waals surface area contributed by atoms with Crippen molar-refractivity contribution < 1.29 is 9.53 Å². The van der Waals surface area contributed by atoms with Crippen molar-refractivity contribution in [3.8, 4) is 0 Å². The summed E-state index contributed by atoms with van der Waals surface area (Å²) in [6.07, 6.45) is 4.40. The van der Waals surface area contributed by atoms with Gasteiger partial charge in [-0.3, -0.25) is 9.36 Å². The smallest absolute Gasteiger partial charge is 0.330 e. The summed E-state index contributed by atoms with van der Waals surface area (Å²) in [6, 6.07) is 7.14. The summed E-state index contributed by atoms with van der Waals surface area (Å²) < 4.78 is 6.38. The molecule has 19 heavy (non-hydrogen) atoms. The molecule has 1 aromatic carbocycles. The van der Waals surface area contributed by atoms with Crippen LogP contribution in [0.2, 0.25) is 0 Å². The lowest BCUT2D eigenvalue weighted by molar-refractivity contribution is -0.138. The van der Waals surface area contributed by atoms with Crippen LogP contribution in [-0.4, -0.2) is 22.1 Å². The summed E-state index contributed by atoms with van der Waals surface area (Å²) in [5.74, 6) is -0.413. The Morgan fingerprint density at radius 2 is 2.21 bits per heavy atom. The SMILES string of the molecule is C/C=C/C(=O)OCCn1cnc2ccccc2c1=O. The highest BCUT2D eigenvalue weighted by Gasteiger charge is 2.03. The Labute approximate surface area is 110 Å². The molecule has 0 aliphatic carbocycles. The first-order chi connectivity index (χ1) is 9.22. The minimum absolute atomic E-state index is 0.132. The van der Waals surface area contributed by atoms with Gasteiger partial charge in [0.1, 0.15) is 6.61 Å². The van der Waals surface area contributed by atoms with Gasteiger partial charge in [0.05, 0.1) is 23.8 Å². The van der Waals surface area contributed by atoms with Crippen LogP contribution in [0, 0.1) is 0 Å². The van der Waals surface area contributed by atoms with Crippen LogP contribution in [0.15, 0.2) is 47.5 Å². The average molecular weight is 258 g/mol. The molecule has 5 heteroatoms. The first-order valence-corrected chi connectivity index (χ1v) is 5.96. The topological polar surface area (TPSA) is 61.2 Å². The molecule has 0 N–H and O–H groups in total. The summed E-state index contributed by atoms with van der Waals surface area (Å²) in [6.45, 7) is 2.17. The predicted molar refractivity (Wildman–Crippen MR) is 71.8 cm³/mol. The van der Waals surface area contributed by atoms with E-state index >= 15 is 0 Å². The maximum Gasteiger partial charge on any atom is 0.330 e. The molecule has 0 amide bonds. The molecule has 0 fully saturated rings. The predicted octanol–water partition coefficient (Wildman–Crippen LogP) is 1.52. The van der Waals surface area contributed by atoms with E-state index in [1.807, 2.05) is 6.07 Å². The molecule has 2 aromatic rings. The number of hydrogen-bond donors (Lipinski definition) is 0. The molecule has 0 saturated heterocycles. The molecule has 1 aromatic heterocycles. The monoisotopic (exact) mass is 258 g/mol. The van der Waals surface area contributed by atoms with Crippen LogP contribution in [0.1, 0.15) is 6.92 Å². The number of nitrogens with zero attached hydrogens (tertiary/aromatic N) is 2. The summed E-state index contributed by atoms with van der Waals surface area (Å²) in [5.41, 5.74) is 0.530. The number of hydrogen-bond acceptors (Lipinski definition) is 4. The number of ether oxygens (including phenoxy) is 1. The van der Waals surface area contributed by atoms with Crippen LogP contribution >= 0.6 is 0 Å². The van der Waals surface area contributed by atoms with Gasteiger partial charge in [-0.25, -0.2) is 9.78 Å². The molecule has 0 radical (unpaired) electrons. The summed E-state index contributed by atoms with van der Waals surface area (Å²) in [5, 5.41) is 0.560. The number of benzene rings is 1. The van der Waals surface area contributed by atoms with E-state index in [1.54, 1.807) is 31.2 Å². The van der Waals surface area contributed by atoms with Crippen molar-refractivity contribution in [3.63, 3.8) is 0 Å². The van der Waals surface area contributed by atoms with Crippen molar-refractivity contribution in [2.75, 3.05) is 6.61 Å². The highest BCUT2D eigenvalue weighted by Crippen LogP contribution is 2.04. The van der Waals surface area contributed by atoms with Gasteiger partial charge in [-0.2, -0.15) is 0 Å². The Morgan fingerprint density at radius 1 is 1.42 bits per heavy atom. The van der Waals surface area contributed by atoms with Crippen molar-refractivity contribution in [1.82, 2.24) is 9.55 Å². The fourth-order valence-electron chi connectivity index (χ4n) is 1.69. The molecule has 0 saturated carbocycles. The molecule has 0 bridgehead atoms. The molecule has 98 valence electrons. The molecular formula is C14H14N2O3. The van der Waals surface area contributed by atoms with Gasteiger partial charge in [0.2, 0.25) is 0 Å². The minimum atomic E-state index is -0.413. The van der Waals surface area contributed by atoms with Crippen LogP contribution < -0.4 is 5.56 Å². The maximum absolute atomic E-state index is 12.1. The molecular weight excluding hydrogens is 244 g/mol. The number of carbonyl (C=O) groups is 1. The highest BCUT2D eigenvalue weighted by molar-refractivity contribution is 5.81. The fourth-order valence-corrected chi connectivity index (χ4v) is 1.69. The van der Waals surface area contributed by atoms with Crippen LogP contribution in [0.3, 0.4) is 0 Å². The number of para-hydroxylation sites is 1. The van der Waals surface area contributed by atoms with E-state index in [1.165, 1.54) is 17.0 Å². The Hall–Kier alpha value is -2.43. The van der Waals surface area contributed by atoms with E-state index in [4.69, 9.17) is 4.74 Å². The molecule has 2 rings (SSSR count). The number of carbonyl (C=O) groups excluding carboxylic acids is 1. The third-order valence-corrected chi connectivity index (χ3v) is 2.61. The number of esters is 1. The second-order valence-electron chi connectivity index (χ2n) is 3.93. The van der Waals surface area contributed by atoms with Gasteiger partial charge in [0, 0.05) is 6.08 Å². The minimum Gasteiger partial charge on any atom is -0.461 e. The third-order valence-electron chi connectivity index (χ3n) is 2.61. The van der Waals surface area contributed by atoms with Crippen molar-refractivity contribution in [2.45, 2.75) is 13.5 Å². The van der Waals surface area contributed by atoms with E-state index in [0.29, 0.717) is 17.4 Å². The Balaban J connectivity index is 2.11. The van der Waals surface area contributed by atoms with E-state index < -0.39 is 5.97 Å². The zero-order valence-corrected chi connectivity index (χ0v) is 10.6. The first kappa shape index (κ1) is 13.0. The van der Waals surface area contributed by atoms with Crippen molar-refractivity contribution in [3.05, 3.63) is 53.1 Å². The van der Waals surface area contributed by atoms with Gasteiger partial charge in [-0.05, 0) is 19.1 Å². The Kier molecular flexibility index (Phi) is 4.07. The zero-order valence-electron chi connectivity index (χ0n) is 10.6. The van der Waals surface area contributed by atoms with E-state index in [-0.39, 0.29) is 12.2 Å². The lowest BCUT2D eigenvalue weighted by Gasteiger charge is -2.06. The largest absolute Gasteiger partial charge is 0.461 e. The molecule has 0 unspecified atom stereocenters. The van der Waals surface area contributed by atoms with Gasteiger partial charge in [0.15, 0.2) is 0 Å². The number of rotatable bonds is 4. The standard InChI is InChI=1S/C14H14N2O3/c1-2-5-13(17)19-9-8-16-10-15-12-7-4-3-6-11(12)14(16)18/h2-7,10H,8-9H2,1H3/b5-2+. The molecule has 0 spiro atoms. The van der Waals surface area contributed by atoms with E-state index in [0.717, 1.165) is 0 Å². The Morgan fingerprint density at radius 3 is 3.00 bits per heavy atom. The van der Waals surface area contributed by atoms with E-state index in [9.17, 15) is 9.59 Å². The van der Waals surface area contributed by atoms with Gasteiger partial charge in [0.25, 0.3) is 5.56 Å². The van der Waals surface area contributed by atoms with Gasteiger partial charge < -0.3 is 4.74 Å². The molecule has 1 heterocycles. The van der Waals surface area contributed by atoms with Gasteiger partial charge in [-0.1, -0.05) is 18.2 Å². The van der Waals surface area contributed by atoms with Gasteiger partial charge in [-0.15, -0.1) is 0 Å². The maximum atomic E-state index is 12.1. The van der Waals surface area contributed by atoms with Crippen LogP contribution in [-0.2, 0) is 16.1 Å². The number of fused-ring (bicyclic) bond motifs is 1. The van der Waals surface area contributed by atoms with Crippen LogP contribution in [0.4, 0.5) is 0 Å². The normalized spacial score (nSPS) is 11.0. The summed E-state index contributed by atoms with van der Waals surface area (Å²) in [4.78, 5) is 27.4. The first-order valence-electron chi connectivity index (χ1n) is 5.96. The number of aromatic nitrogens is 2. The quantitative estimate of drug-likeness (QED) is 0.616. The fraction of sp³-hybridized carbons (Fsp3) is 0.214. The summed E-state index contributed by atoms with van der Waals surface area (Å²) in [7, 11) is 0. The summed E-state index contributed by atoms with van der Waals surface area (Å²) >= 11 is 0. The molecule has 0 aliphatic heterocycles. The van der Waals surface area contributed by atoms with Crippen molar-refractivity contribution in [1.29, 1.82) is 0 Å². The lowest BCUT2D eigenvalue weighted by atomic mass is 10.2. The zero-order chi connectivity index (χ0) is 13.7. The average Bonchev–Trinajstić information content (AvgIpc) is 2.42. The number of allylic oxidation sites excluding steroid dienone is 1. The Bertz CT molecular complexity index is 674. The van der Waals surface area contributed by atoms with Crippen LogP contribution in [0.5, 0.6) is 0 Å². The third kappa shape index (κ3) is 3.07. The molecule has 5 nitrogen and oxygen atoms in total. The van der Waals surface area contributed by atoms with Crippen molar-refractivity contribution in [2.24, 2.45) is 0 Å². The van der Waals surface area contributed by atoms with Crippen molar-refractivity contribution >= 4 is 16.9 Å². The van der Waals surface area contributed by atoms with E-state index in [2.05, 4.69) is 4.98 Å². The highest BCUT2D eigenvalue weighted by atomic mass is 16.5. The van der Waals surface area contributed by atoms with Crippen LogP contribution in [0.25, 0.3) is 10.9 Å². The second-order valence-corrected chi connectivity index (χ2v) is 3.93.